The number of amides is 2. The number of anilines is 1. The normalized spacial score (nSPS) is 15.9. The van der Waals surface area contributed by atoms with Crippen LogP contribution in [0.3, 0.4) is 0 Å². The van der Waals surface area contributed by atoms with E-state index in [1.54, 1.807) is 41.4 Å². The van der Waals surface area contributed by atoms with Crippen molar-refractivity contribution in [1.29, 1.82) is 0 Å². The van der Waals surface area contributed by atoms with E-state index in [4.69, 9.17) is 16.3 Å². The first-order valence-corrected chi connectivity index (χ1v) is 10.4. The van der Waals surface area contributed by atoms with Gasteiger partial charge in [-0.15, -0.1) is 11.8 Å². The van der Waals surface area contributed by atoms with Crippen molar-refractivity contribution in [3.8, 4) is 0 Å². The van der Waals surface area contributed by atoms with Crippen molar-refractivity contribution in [2.24, 2.45) is 0 Å². The van der Waals surface area contributed by atoms with Crippen LogP contribution >= 0.6 is 23.4 Å². The van der Waals surface area contributed by atoms with Gasteiger partial charge in [-0.1, -0.05) is 11.6 Å². The Hall–Kier alpha value is -2.09. The van der Waals surface area contributed by atoms with Gasteiger partial charge in [-0.3, -0.25) is 9.59 Å². The summed E-state index contributed by atoms with van der Waals surface area (Å²) in [7, 11) is 0. The summed E-state index contributed by atoms with van der Waals surface area (Å²) in [6, 6.07) is 8.34. The highest BCUT2D eigenvalue weighted by molar-refractivity contribution is 7.98. The number of ether oxygens (including phenoxy) is 1. The summed E-state index contributed by atoms with van der Waals surface area (Å²) in [6.07, 6.45) is 3.51. The fourth-order valence-electron chi connectivity index (χ4n) is 3.05. The third kappa shape index (κ3) is 4.66. The maximum atomic E-state index is 13.0. The number of thioether (sulfide) groups is 1. The number of nitrogens with one attached hydrogen (secondary N) is 1. The van der Waals surface area contributed by atoms with Crippen LogP contribution in [0.2, 0.25) is 5.02 Å². The molecule has 0 atom stereocenters. The number of pyridine rings is 1. The number of rotatable bonds is 4. The number of aromatic nitrogens is 1. The van der Waals surface area contributed by atoms with E-state index in [-0.39, 0.29) is 11.8 Å². The van der Waals surface area contributed by atoms with Crippen molar-refractivity contribution in [2.45, 2.75) is 24.5 Å². The summed E-state index contributed by atoms with van der Waals surface area (Å²) in [5, 5.41) is 3.81. The first-order valence-electron chi connectivity index (χ1n) is 8.84. The minimum absolute atomic E-state index is 0.177. The highest BCUT2D eigenvalue weighted by Gasteiger charge is 2.31. The van der Waals surface area contributed by atoms with Gasteiger partial charge in [-0.25, -0.2) is 4.98 Å². The molecule has 2 amide bonds. The highest BCUT2D eigenvalue weighted by atomic mass is 35.5. The Kier molecular flexibility index (Phi) is 6.27. The Bertz CT molecular complexity index is 904. The lowest BCUT2D eigenvalue weighted by atomic mass is 10.1. The second-order valence-electron chi connectivity index (χ2n) is 7.04. The lowest BCUT2D eigenvalue weighted by Crippen LogP contribution is -2.50. The van der Waals surface area contributed by atoms with E-state index in [9.17, 15) is 9.59 Å². The topological polar surface area (TPSA) is 71.5 Å². The van der Waals surface area contributed by atoms with Gasteiger partial charge >= 0.3 is 0 Å². The molecule has 0 saturated carbocycles. The zero-order valence-corrected chi connectivity index (χ0v) is 17.6. The van der Waals surface area contributed by atoms with E-state index in [2.05, 4.69) is 10.3 Å². The van der Waals surface area contributed by atoms with Gasteiger partial charge in [0.15, 0.2) is 0 Å². The monoisotopic (exact) mass is 419 g/mol. The molecule has 28 heavy (non-hydrogen) atoms. The third-order valence-electron chi connectivity index (χ3n) is 4.38. The van der Waals surface area contributed by atoms with Gasteiger partial charge in [0.1, 0.15) is 5.03 Å². The Morgan fingerprint density at radius 2 is 2.07 bits per heavy atom. The molecule has 1 aliphatic heterocycles. The Labute approximate surface area is 173 Å². The molecule has 148 valence electrons. The van der Waals surface area contributed by atoms with Crippen LogP contribution in [0, 0.1) is 0 Å². The highest BCUT2D eigenvalue weighted by Crippen LogP contribution is 2.26. The summed E-state index contributed by atoms with van der Waals surface area (Å²) in [6.45, 7) is 5.35. The van der Waals surface area contributed by atoms with Crippen LogP contribution in [0.1, 0.15) is 34.6 Å². The lowest BCUT2D eigenvalue weighted by molar-refractivity contribution is -0.0763. The smallest absolute Gasteiger partial charge is 0.258 e. The molecule has 1 aromatic heterocycles. The lowest BCUT2D eigenvalue weighted by Gasteiger charge is -2.38. The molecule has 0 aliphatic carbocycles. The molecule has 0 spiro atoms. The fraction of sp³-hybridized carbons (Fsp3) is 0.350. The maximum absolute atomic E-state index is 13.0. The van der Waals surface area contributed by atoms with Gasteiger partial charge in [-0.2, -0.15) is 0 Å². The van der Waals surface area contributed by atoms with Gasteiger partial charge in [0.2, 0.25) is 0 Å². The van der Waals surface area contributed by atoms with Crippen LogP contribution in [0.4, 0.5) is 5.69 Å². The molecule has 1 aromatic carbocycles. The first kappa shape index (κ1) is 20.6. The van der Waals surface area contributed by atoms with E-state index in [0.29, 0.717) is 46.6 Å². The van der Waals surface area contributed by atoms with Crippen molar-refractivity contribution in [2.75, 3.05) is 31.3 Å². The molecular formula is C20H22ClN3O3S. The van der Waals surface area contributed by atoms with Crippen molar-refractivity contribution in [3.63, 3.8) is 0 Å². The van der Waals surface area contributed by atoms with Crippen molar-refractivity contribution in [3.05, 3.63) is 52.7 Å². The molecule has 2 heterocycles. The number of hydrogen-bond donors (Lipinski definition) is 1. The van der Waals surface area contributed by atoms with Crippen molar-refractivity contribution >= 4 is 40.9 Å². The second kappa shape index (κ2) is 8.51. The number of morpholine rings is 1. The van der Waals surface area contributed by atoms with Gasteiger partial charge in [0.25, 0.3) is 11.8 Å². The third-order valence-corrected chi connectivity index (χ3v) is 5.42. The Morgan fingerprint density at radius 1 is 1.29 bits per heavy atom. The van der Waals surface area contributed by atoms with Crippen LogP contribution < -0.4 is 5.32 Å². The summed E-state index contributed by atoms with van der Waals surface area (Å²) >= 11 is 7.68. The van der Waals surface area contributed by atoms with Crippen LogP contribution in [-0.4, -0.2) is 53.3 Å². The number of halogens is 1. The van der Waals surface area contributed by atoms with E-state index in [1.165, 1.54) is 11.8 Å². The SMILES string of the molecule is CSc1ncccc1C(=O)Nc1ccc(Cl)c(C(=O)N2CCOC(C)(C)C2)c1. The minimum Gasteiger partial charge on any atom is -0.372 e. The standard InChI is InChI=1S/C20H22ClN3O3S/c1-20(2)12-24(9-10-27-20)19(26)15-11-13(6-7-16(15)21)23-17(25)14-5-4-8-22-18(14)28-3/h4-8,11H,9-10,12H2,1-3H3,(H,23,25). The number of benzene rings is 1. The molecule has 0 unspecified atom stereocenters. The predicted molar refractivity (Wildman–Crippen MR) is 111 cm³/mol. The maximum Gasteiger partial charge on any atom is 0.258 e. The van der Waals surface area contributed by atoms with Gasteiger partial charge < -0.3 is 15.0 Å². The van der Waals surface area contributed by atoms with Crippen LogP contribution in [0.25, 0.3) is 0 Å². The number of carbonyl (C=O) groups excluding carboxylic acids is 2. The summed E-state index contributed by atoms with van der Waals surface area (Å²) in [5.41, 5.74) is 0.933. The van der Waals surface area contributed by atoms with Crippen molar-refractivity contribution in [1.82, 2.24) is 9.88 Å². The zero-order valence-electron chi connectivity index (χ0n) is 16.0. The van der Waals surface area contributed by atoms with E-state index in [0.717, 1.165) is 0 Å². The molecule has 0 radical (unpaired) electrons. The molecule has 1 fully saturated rings. The molecule has 1 N–H and O–H groups in total. The van der Waals surface area contributed by atoms with Gasteiger partial charge in [0.05, 0.1) is 28.4 Å². The molecule has 2 aromatic rings. The number of hydrogen-bond acceptors (Lipinski definition) is 5. The minimum atomic E-state index is -0.402. The molecule has 0 bridgehead atoms. The van der Waals surface area contributed by atoms with Crippen LogP contribution in [0.5, 0.6) is 0 Å². The average Bonchev–Trinajstić information content (AvgIpc) is 2.68. The number of carbonyl (C=O) groups is 2. The van der Waals surface area contributed by atoms with Crippen LogP contribution in [-0.2, 0) is 4.74 Å². The van der Waals surface area contributed by atoms with Crippen LogP contribution in [0.15, 0.2) is 41.6 Å². The van der Waals surface area contributed by atoms with Crippen molar-refractivity contribution < 1.29 is 14.3 Å². The molecule has 6 nitrogen and oxygen atoms in total. The molecule has 8 heteroatoms. The van der Waals surface area contributed by atoms with E-state index in [1.807, 2.05) is 20.1 Å². The largest absolute Gasteiger partial charge is 0.372 e. The summed E-state index contributed by atoms with van der Waals surface area (Å²) < 4.78 is 5.67. The zero-order chi connectivity index (χ0) is 20.3. The number of nitrogens with zero attached hydrogens (tertiary/aromatic N) is 2. The van der Waals surface area contributed by atoms with Gasteiger partial charge in [-0.05, 0) is 50.4 Å². The average molecular weight is 420 g/mol. The molecule has 1 aliphatic rings. The molecule has 1 saturated heterocycles. The summed E-state index contributed by atoms with van der Waals surface area (Å²) in [4.78, 5) is 31.5. The second-order valence-corrected chi connectivity index (χ2v) is 8.25. The Morgan fingerprint density at radius 3 is 2.79 bits per heavy atom. The summed E-state index contributed by atoms with van der Waals surface area (Å²) in [5.74, 6) is -0.464. The molecule has 3 rings (SSSR count). The van der Waals surface area contributed by atoms with E-state index >= 15 is 0 Å². The first-order chi connectivity index (χ1) is 13.3. The fourth-order valence-corrected chi connectivity index (χ4v) is 3.80. The Balaban J connectivity index is 1.81. The van der Waals surface area contributed by atoms with Gasteiger partial charge in [0, 0.05) is 25.0 Å². The quantitative estimate of drug-likeness (QED) is 0.759. The molecular weight excluding hydrogens is 398 g/mol. The van der Waals surface area contributed by atoms with E-state index < -0.39 is 5.60 Å². The predicted octanol–water partition coefficient (Wildman–Crippen LogP) is 3.96.